The summed E-state index contributed by atoms with van der Waals surface area (Å²) < 4.78 is 4.33. The Morgan fingerprint density at radius 3 is 2.57 bits per heavy atom. The third-order valence-corrected chi connectivity index (χ3v) is 4.68. The van der Waals surface area contributed by atoms with Gasteiger partial charge in [0, 0.05) is 24.8 Å². The van der Waals surface area contributed by atoms with E-state index in [9.17, 15) is 4.79 Å². The maximum atomic E-state index is 12.4. The number of hydrogen-bond acceptors (Lipinski definition) is 3. The Kier molecular flexibility index (Phi) is 4.51. The molecule has 0 saturated heterocycles. The molecule has 1 unspecified atom stereocenters. The summed E-state index contributed by atoms with van der Waals surface area (Å²) in [5, 5.41) is 11.5. The van der Waals surface area contributed by atoms with Crippen LogP contribution in [0.25, 0.3) is 0 Å². The van der Waals surface area contributed by atoms with Crippen LogP contribution < -0.4 is 5.32 Å². The van der Waals surface area contributed by atoms with Crippen LogP contribution in [0.15, 0.2) is 10.7 Å². The molecule has 1 N–H and O–H groups in total. The molecule has 0 bridgehead atoms. The molecule has 114 valence electrons. The van der Waals surface area contributed by atoms with E-state index in [1.165, 1.54) is 0 Å². The van der Waals surface area contributed by atoms with Gasteiger partial charge in [0.1, 0.15) is 0 Å². The lowest BCUT2D eigenvalue weighted by molar-refractivity contribution is 0.0933. The molecule has 0 aliphatic carbocycles. The predicted molar refractivity (Wildman–Crippen MR) is 84.2 cm³/mol. The second-order valence-corrected chi connectivity index (χ2v) is 5.86. The molecule has 2 aromatic heterocycles. The summed E-state index contributed by atoms with van der Waals surface area (Å²) in [5.74, 6) is -0.193. The fraction of sp³-hybridized carbons (Fsp3) is 0.500. The summed E-state index contributed by atoms with van der Waals surface area (Å²) in [4.78, 5) is 12.4. The Balaban J connectivity index is 2.18. The molecule has 2 aromatic rings. The highest BCUT2D eigenvalue weighted by Gasteiger charge is 2.21. The average Bonchev–Trinajstić information content (AvgIpc) is 2.94. The second kappa shape index (κ2) is 6.01. The van der Waals surface area contributed by atoms with Crippen LogP contribution in [0.2, 0.25) is 0 Å². The van der Waals surface area contributed by atoms with E-state index in [1.807, 2.05) is 45.6 Å². The predicted octanol–water partition coefficient (Wildman–Crippen LogP) is 2.51. The van der Waals surface area contributed by atoms with Crippen molar-refractivity contribution >= 4 is 21.8 Å². The molecule has 2 heterocycles. The first-order valence-corrected chi connectivity index (χ1v) is 7.68. The summed E-state index contributed by atoms with van der Waals surface area (Å²) in [6.07, 6.45) is 1.81. The number of halogens is 1. The molecule has 0 saturated carbocycles. The van der Waals surface area contributed by atoms with E-state index in [1.54, 1.807) is 4.68 Å². The standard InChI is InChI=1S/C14H20BrN5O/c1-6-20-9(3)11(7-16-20)8(2)17-14(21)13-12(15)10(4)19(5)18-13/h7-8H,6H2,1-5H3,(H,17,21). The van der Waals surface area contributed by atoms with Crippen LogP contribution >= 0.6 is 15.9 Å². The number of hydrogen-bond donors (Lipinski definition) is 1. The maximum absolute atomic E-state index is 12.4. The zero-order valence-corrected chi connectivity index (χ0v) is 14.5. The highest BCUT2D eigenvalue weighted by Crippen LogP contribution is 2.22. The van der Waals surface area contributed by atoms with Gasteiger partial charge in [-0.25, -0.2) is 0 Å². The van der Waals surface area contributed by atoms with Crippen molar-refractivity contribution in [3.05, 3.63) is 33.3 Å². The summed E-state index contributed by atoms with van der Waals surface area (Å²) >= 11 is 3.42. The van der Waals surface area contributed by atoms with Gasteiger partial charge in [0.25, 0.3) is 5.91 Å². The maximum Gasteiger partial charge on any atom is 0.273 e. The van der Waals surface area contributed by atoms with Crippen molar-refractivity contribution in [3.8, 4) is 0 Å². The lowest BCUT2D eigenvalue weighted by atomic mass is 10.1. The van der Waals surface area contributed by atoms with Crippen LogP contribution in [0.4, 0.5) is 0 Å². The Bertz CT molecular complexity index is 673. The van der Waals surface area contributed by atoms with E-state index < -0.39 is 0 Å². The van der Waals surface area contributed by atoms with Gasteiger partial charge in [0.2, 0.25) is 0 Å². The van der Waals surface area contributed by atoms with Crippen LogP contribution in [-0.2, 0) is 13.6 Å². The molecule has 0 fully saturated rings. The van der Waals surface area contributed by atoms with Gasteiger partial charge in [-0.3, -0.25) is 14.2 Å². The van der Waals surface area contributed by atoms with Crippen molar-refractivity contribution in [2.75, 3.05) is 0 Å². The lowest BCUT2D eigenvalue weighted by Gasteiger charge is -2.13. The van der Waals surface area contributed by atoms with Crippen LogP contribution in [-0.4, -0.2) is 25.5 Å². The second-order valence-electron chi connectivity index (χ2n) is 5.07. The van der Waals surface area contributed by atoms with E-state index in [4.69, 9.17) is 0 Å². The third kappa shape index (κ3) is 2.88. The van der Waals surface area contributed by atoms with Crippen LogP contribution in [0, 0.1) is 13.8 Å². The minimum absolute atomic E-state index is 0.119. The zero-order chi connectivity index (χ0) is 15.7. The lowest BCUT2D eigenvalue weighted by Crippen LogP contribution is -2.27. The molecule has 1 amide bonds. The monoisotopic (exact) mass is 353 g/mol. The minimum atomic E-state index is -0.193. The van der Waals surface area contributed by atoms with Gasteiger partial charge in [-0.15, -0.1) is 0 Å². The van der Waals surface area contributed by atoms with Gasteiger partial charge in [0.15, 0.2) is 5.69 Å². The molecular formula is C14H20BrN5O. The fourth-order valence-electron chi connectivity index (χ4n) is 2.28. The molecule has 7 heteroatoms. The van der Waals surface area contributed by atoms with Crippen LogP contribution in [0.3, 0.4) is 0 Å². The smallest absolute Gasteiger partial charge is 0.273 e. The highest BCUT2D eigenvalue weighted by atomic mass is 79.9. The first-order chi connectivity index (χ1) is 9.86. The SMILES string of the molecule is CCn1ncc(C(C)NC(=O)c2nn(C)c(C)c2Br)c1C. The molecule has 0 spiro atoms. The van der Waals surface area contributed by atoms with Crippen molar-refractivity contribution in [1.82, 2.24) is 24.9 Å². The topological polar surface area (TPSA) is 64.7 Å². The van der Waals surface area contributed by atoms with Crippen LogP contribution in [0.1, 0.15) is 47.3 Å². The fourth-order valence-corrected chi connectivity index (χ4v) is 2.79. The number of nitrogens with one attached hydrogen (secondary N) is 1. The molecule has 21 heavy (non-hydrogen) atoms. The Morgan fingerprint density at radius 1 is 1.43 bits per heavy atom. The number of aromatic nitrogens is 4. The summed E-state index contributed by atoms with van der Waals surface area (Å²) in [5.41, 5.74) is 3.42. The first kappa shape index (κ1) is 15.8. The molecule has 6 nitrogen and oxygen atoms in total. The number of nitrogens with zero attached hydrogens (tertiary/aromatic N) is 4. The van der Waals surface area contributed by atoms with Gasteiger partial charge < -0.3 is 5.32 Å². The van der Waals surface area contributed by atoms with Crippen molar-refractivity contribution in [2.24, 2.45) is 7.05 Å². The average molecular weight is 354 g/mol. The number of amides is 1. The molecule has 0 aromatic carbocycles. The highest BCUT2D eigenvalue weighted by molar-refractivity contribution is 9.10. The number of carbonyl (C=O) groups is 1. The van der Waals surface area contributed by atoms with Crippen molar-refractivity contribution < 1.29 is 4.79 Å². The van der Waals surface area contributed by atoms with E-state index >= 15 is 0 Å². The van der Waals surface area contributed by atoms with Crippen molar-refractivity contribution in [2.45, 2.75) is 40.3 Å². The van der Waals surface area contributed by atoms with E-state index in [-0.39, 0.29) is 11.9 Å². The third-order valence-electron chi connectivity index (χ3n) is 3.73. The molecule has 0 aliphatic heterocycles. The van der Waals surface area contributed by atoms with Gasteiger partial charge in [0.05, 0.1) is 22.4 Å². The summed E-state index contributed by atoms with van der Waals surface area (Å²) in [6, 6.07) is -0.119. The quantitative estimate of drug-likeness (QED) is 0.918. The largest absolute Gasteiger partial charge is 0.344 e. The minimum Gasteiger partial charge on any atom is -0.344 e. The summed E-state index contributed by atoms with van der Waals surface area (Å²) in [6.45, 7) is 8.73. The molecule has 2 rings (SSSR count). The number of carbonyl (C=O) groups excluding carboxylic acids is 1. The van der Waals surface area contributed by atoms with Gasteiger partial charge in [-0.2, -0.15) is 10.2 Å². The zero-order valence-electron chi connectivity index (χ0n) is 12.9. The van der Waals surface area contributed by atoms with Gasteiger partial charge in [-0.1, -0.05) is 0 Å². The van der Waals surface area contributed by atoms with Gasteiger partial charge >= 0.3 is 0 Å². The van der Waals surface area contributed by atoms with Crippen LogP contribution in [0.5, 0.6) is 0 Å². The Hall–Kier alpha value is -1.63. The van der Waals surface area contributed by atoms with Crippen molar-refractivity contribution in [1.29, 1.82) is 0 Å². The number of rotatable bonds is 4. The van der Waals surface area contributed by atoms with E-state index in [0.29, 0.717) is 5.69 Å². The Morgan fingerprint density at radius 2 is 2.10 bits per heavy atom. The number of aryl methyl sites for hydroxylation is 2. The van der Waals surface area contributed by atoms with E-state index in [2.05, 4.69) is 31.4 Å². The molecule has 0 aliphatic rings. The molecule has 1 atom stereocenters. The van der Waals surface area contributed by atoms with Crippen molar-refractivity contribution in [3.63, 3.8) is 0 Å². The Labute approximate surface area is 132 Å². The van der Waals surface area contributed by atoms with E-state index in [0.717, 1.165) is 28.0 Å². The molecule has 0 radical (unpaired) electrons. The first-order valence-electron chi connectivity index (χ1n) is 6.89. The molecular weight excluding hydrogens is 334 g/mol. The normalized spacial score (nSPS) is 12.5. The summed E-state index contributed by atoms with van der Waals surface area (Å²) in [7, 11) is 1.82. The van der Waals surface area contributed by atoms with Gasteiger partial charge in [-0.05, 0) is 43.6 Å².